The van der Waals surface area contributed by atoms with E-state index in [9.17, 15) is 4.79 Å². The number of rotatable bonds is 2. The van der Waals surface area contributed by atoms with Gasteiger partial charge < -0.3 is 23.7 Å². The number of hydrogen-bond acceptors (Lipinski definition) is 6. The molecule has 3 unspecified atom stereocenters. The highest BCUT2D eigenvalue weighted by Crippen LogP contribution is 2.37. The molecule has 2 heterocycles. The molecule has 2 aliphatic rings. The Morgan fingerprint density at radius 2 is 2.00 bits per heavy atom. The van der Waals surface area contributed by atoms with Gasteiger partial charge in [0.2, 0.25) is 0 Å². The summed E-state index contributed by atoms with van der Waals surface area (Å²) >= 11 is 0. The van der Waals surface area contributed by atoms with E-state index in [4.69, 9.17) is 23.7 Å². The van der Waals surface area contributed by atoms with E-state index in [1.165, 1.54) is 6.08 Å². The maximum Gasteiger partial charge on any atom is 0.331 e. The average molecular weight is 300 g/mol. The lowest BCUT2D eigenvalue weighted by atomic mass is 10.0. The Hall–Kier alpha value is -0.950. The third kappa shape index (κ3) is 4.03. The fraction of sp³-hybridized carbons (Fsp3) is 0.800. The second-order valence-corrected chi connectivity index (χ2v) is 6.69. The van der Waals surface area contributed by atoms with Crippen LogP contribution in [0.5, 0.6) is 0 Å². The van der Waals surface area contributed by atoms with E-state index < -0.39 is 29.8 Å². The van der Waals surface area contributed by atoms with E-state index in [-0.39, 0.29) is 12.7 Å². The fourth-order valence-electron chi connectivity index (χ4n) is 2.44. The van der Waals surface area contributed by atoms with Crippen molar-refractivity contribution in [3.8, 4) is 0 Å². The molecule has 0 N–H and O–H groups in total. The summed E-state index contributed by atoms with van der Waals surface area (Å²) in [7, 11) is 1.55. The van der Waals surface area contributed by atoms with E-state index in [0.29, 0.717) is 5.57 Å². The molecule has 120 valence electrons. The normalized spacial score (nSPS) is 33.8. The van der Waals surface area contributed by atoms with Gasteiger partial charge in [-0.25, -0.2) is 4.79 Å². The van der Waals surface area contributed by atoms with Crippen LogP contribution < -0.4 is 0 Å². The molecular weight excluding hydrogens is 276 g/mol. The second-order valence-electron chi connectivity index (χ2n) is 6.69. The molecule has 6 heteroatoms. The number of carbonyl (C=O) groups is 1. The molecular formula is C15H24O6. The first-order valence-corrected chi connectivity index (χ1v) is 7.05. The summed E-state index contributed by atoms with van der Waals surface area (Å²) in [6, 6.07) is 0. The minimum absolute atomic E-state index is 0.248. The minimum atomic E-state index is -0.743. The summed E-state index contributed by atoms with van der Waals surface area (Å²) in [6.07, 6.45) is 0.158. The molecule has 0 aromatic rings. The zero-order valence-electron chi connectivity index (χ0n) is 13.5. The van der Waals surface area contributed by atoms with Crippen molar-refractivity contribution in [2.75, 3.05) is 13.7 Å². The standard InChI is InChI=1S/C15H24O6/c1-14(2,3)19-10(16)7-9-8-18-13(17-6)12-11(9)20-15(4,5)21-12/h7,11-13H,8H2,1-6H3. The molecule has 3 atom stereocenters. The molecule has 2 fully saturated rings. The smallest absolute Gasteiger partial charge is 0.331 e. The predicted molar refractivity (Wildman–Crippen MR) is 74.5 cm³/mol. The van der Waals surface area contributed by atoms with Gasteiger partial charge in [-0.1, -0.05) is 0 Å². The first kappa shape index (κ1) is 16.4. The molecule has 0 saturated carbocycles. The molecule has 6 nitrogen and oxygen atoms in total. The van der Waals surface area contributed by atoms with Crippen molar-refractivity contribution in [3.63, 3.8) is 0 Å². The van der Waals surface area contributed by atoms with Crippen molar-refractivity contribution in [2.45, 2.75) is 64.5 Å². The summed E-state index contributed by atoms with van der Waals surface area (Å²) in [5.74, 6) is -1.16. The van der Waals surface area contributed by atoms with Gasteiger partial charge in [-0.15, -0.1) is 0 Å². The predicted octanol–water partition coefficient (Wildman–Crippen LogP) is 1.78. The van der Waals surface area contributed by atoms with Gasteiger partial charge in [-0.3, -0.25) is 0 Å². The SMILES string of the molecule is COC1OCC(=CC(=O)OC(C)(C)C)C2OC(C)(C)OC12. The van der Waals surface area contributed by atoms with Crippen LogP contribution in [-0.4, -0.2) is 49.6 Å². The Balaban J connectivity index is 2.16. The monoisotopic (exact) mass is 300 g/mol. The van der Waals surface area contributed by atoms with Gasteiger partial charge in [0.05, 0.1) is 6.61 Å². The molecule has 0 spiro atoms. The van der Waals surface area contributed by atoms with Crippen molar-refractivity contribution in [1.82, 2.24) is 0 Å². The van der Waals surface area contributed by atoms with Crippen LogP contribution in [0.2, 0.25) is 0 Å². The number of carbonyl (C=O) groups excluding carboxylic acids is 1. The van der Waals surface area contributed by atoms with E-state index in [1.807, 2.05) is 34.6 Å². The van der Waals surface area contributed by atoms with Gasteiger partial charge in [0, 0.05) is 13.2 Å². The van der Waals surface area contributed by atoms with Gasteiger partial charge in [0.25, 0.3) is 0 Å². The molecule has 2 rings (SSSR count). The van der Waals surface area contributed by atoms with Crippen LogP contribution in [0.3, 0.4) is 0 Å². The Kier molecular flexibility index (Phi) is 4.44. The van der Waals surface area contributed by atoms with Crippen LogP contribution in [0, 0.1) is 0 Å². The fourth-order valence-corrected chi connectivity index (χ4v) is 2.44. The first-order chi connectivity index (χ1) is 9.61. The number of hydrogen-bond donors (Lipinski definition) is 0. The quantitative estimate of drug-likeness (QED) is 0.572. The zero-order chi connectivity index (χ0) is 15.8. The third-order valence-electron chi connectivity index (χ3n) is 3.12. The Labute approximate surface area is 125 Å². The van der Waals surface area contributed by atoms with Crippen molar-refractivity contribution >= 4 is 5.97 Å². The largest absolute Gasteiger partial charge is 0.457 e. The van der Waals surface area contributed by atoms with Crippen LogP contribution in [0.1, 0.15) is 34.6 Å². The molecule has 0 amide bonds. The van der Waals surface area contributed by atoms with Crippen molar-refractivity contribution < 1.29 is 28.5 Å². The van der Waals surface area contributed by atoms with E-state index in [2.05, 4.69) is 0 Å². The molecule has 0 bridgehead atoms. The van der Waals surface area contributed by atoms with E-state index in [0.717, 1.165) is 0 Å². The minimum Gasteiger partial charge on any atom is -0.457 e. The lowest BCUT2D eigenvalue weighted by molar-refractivity contribution is -0.212. The highest BCUT2D eigenvalue weighted by atomic mass is 16.8. The second kappa shape index (κ2) is 5.68. The van der Waals surface area contributed by atoms with Gasteiger partial charge >= 0.3 is 5.97 Å². The van der Waals surface area contributed by atoms with Crippen molar-refractivity contribution in [3.05, 3.63) is 11.6 Å². The number of ether oxygens (including phenoxy) is 5. The highest BCUT2D eigenvalue weighted by molar-refractivity contribution is 5.83. The highest BCUT2D eigenvalue weighted by Gasteiger charge is 2.50. The van der Waals surface area contributed by atoms with Crippen LogP contribution >= 0.6 is 0 Å². The van der Waals surface area contributed by atoms with Gasteiger partial charge in [0.15, 0.2) is 12.1 Å². The van der Waals surface area contributed by atoms with Crippen LogP contribution in [0.4, 0.5) is 0 Å². The molecule has 0 aromatic carbocycles. The third-order valence-corrected chi connectivity index (χ3v) is 3.12. The lowest BCUT2D eigenvalue weighted by Gasteiger charge is -2.32. The Bertz CT molecular complexity index is 434. The van der Waals surface area contributed by atoms with Crippen molar-refractivity contribution in [2.24, 2.45) is 0 Å². The summed E-state index contributed by atoms with van der Waals surface area (Å²) < 4.78 is 27.8. The zero-order valence-corrected chi connectivity index (χ0v) is 13.5. The van der Waals surface area contributed by atoms with Crippen LogP contribution in [-0.2, 0) is 28.5 Å². The summed E-state index contributed by atoms with van der Waals surface area (Å²) in [5, 5.41) is 0. The Morgan fingerprint density at radius 3 is 2.57 bits per heavy atom. The number of methoxy groups -OCH3 is 1. The van der Waals surface area contributed by atoms with Gasteiger partial charge in [-0.2, -0.15) is 0 Å². The van der Waals surface area contributed by atoms with Gasteiger partial charge in [0.1, 0.15) is 17.8 Å². The summed E-state index contributed by atoms with van der Waals surface area (Å²) in [5.41, 5.74) is 0.165. The maximum atomic E-state index is 11.9. The molecule has 0 aliphatic carbocycles. The van der Waals surface area contributed by atoms with E-state index >= 15 is 0 Å². The molecule has 21 heavy (non-hydrogen) atoms. The number of esters is 1. The maximum absolute atomic E-state index is 11.9. The lowest BCUT2D eigenvalue weighted by Crippen LogP contribution is -2.45. The molecule has 0 radical (unpaired) electrons. The molecule has 0 aromatic heterocycles. The van der Waals surface area contributed by atoms with Crippen LogP contribution in [0.15, 0.2) is 11.6 Å². The first-order valence-electron chi connectivity index (χ1n) is 7.05. The summed E-state index contributed by atoms with van der Waals surface area (Å²) in [6.45, 7) is 9.36. The van der Waals surface area contributed by atoms with Gasteiger partial charge in [-0.05, 0) is 40.2 Å². The molecule has 2 aliphatic heterocycles. The number of fused-ring (bicyclic) bond motifs is 1. The molecule has 2 saturated heterocycles. The van der Waals surface area contributed by atoms with Crippen molar-refractivity contribution in [1.29, 1.82) is 0 Å². The average Bonchev–Trinajstić information content (AvgIpc) is 2.62. The topological polar surface area (TPSA) is 63.2 Å². The van der Waals surface area contributed by atoms with Crippen LogP contribution in [0.25, 0.3) is 0 Å². The summed E-state index contributed by atoms with van der Waals surface area (Å²) in [4.78, 5) is 11.9. The Morgan fingerprint density at radius 1 is 1.33 bits per heavy atom. The van der Waals surface area contributed by atoms with E-state index in [1.54, 1.807) is 7.11 Å².